The molecule has 0 aromatic carbocycles. The zero-order chi connectivity index (χ0) is 27.7. The van der Waals surface area contributed by atoms with Crippen molar-refractivity contribution in [3.63, 3.8) is 0 Å². The van der Waals surface area contributed by atoms with Crippen LogP contribution < -0.4 is 32.4 Å². The van der Waals surface area contributed by atoms with Gasteiger partial charge in [-0.3, -0.25) is 20.3 Å². The standard InChI is InChI=1S/C20H22N8O7S3/c1-7-2-27(23)20(26-14(7)21)38-5-8-4-36-17-11(16(32)28(17)12(8)18(33)34)25-15(31)13(35-3-10(29)30)9-6-37-19(22)24-9/h2,6,11,13,17,21H,3-5,23H2,1H3,(H5,22,24,25,29,30,31,33,34). The van der Waals surface area contributed by atoms with Crippen molar-refractivity contribution in [3.05, 3.63) is 34.1 Å². The van der Waals surface area contributed by atoms with Gasteiger partial charge in [0.05, 0.1) is 22.9 Å². The van der Waals surface area contributed by atoms with Gasteiger partial charge in [-0.15, -0.1) is 27.8 Å². The maximum absolute atomic E-state index is 13.0. The number of nitrogens with zero attached hydrogens (tertiary/aromatic N) is 4. The van der Waals surface area contributed by atoms with Crippen molar-refractivity contribution in [2.75, 3.05) is 35.4 Å². The van der Waals surface area contributed by atoms with Crippen LogP contribution in [-0.4, -0.2) is 73.3 Å². The molecule has 38 heavy (non-hydrogen) atoms. The van der Waals surface area contributed by atoms with Crippen LogP contribution in [0.3, 0.4) is 0 Å². The van der Waals surface area contributed by atoms with Gasteiger partial charge >= 0.3 is 11.1 Å². The molecule has 0 bridgehead atoms. The van der Waals surface area contributed by atoms with E-state index in [1.807, 2.05) is 0 Å². The van der Waals surface area contributed by atoms with E-state index in [4.69, 9.17) is 27.2 Å². The number of carbonyl (C=O) groups excluding carboxylic acids is 3. The lowest BCUT2D eigenvalue weighted by Crippen LogP contribution is -2.71. The van der Waals surface area contributed by atoms with E-state index in [-0.39, 0.29) is 33.8 Å². The Kier molecular flexibility index (Phi) is 7.95. The number of hydrogen-bond donors (Lipinski definition) is 5. The Morgan fingerprint density at radius 1 is 1.39 bits per heavy atom. The number of hydrogen-bond acceptors (Lipinski definition) is 14. The summed E-state index contributed by atoms with van der Waals surface area (Å²) in [6, 6.07) is -1.08. The minimum Gasteiger partial charge on any atom is -0.543 e. The van der Waals surface area contributed by atoms with E-state index in [0.717, 1.165) is 28.0 Å². The van der Waals surface area contributed by atoms with Crippen LogP contribution in [0.5, 0.6) is 0 Å². The van der Waals surface area contributed by atoms with E-state index in [0.29, 0.717) is 16.3 Å². The highest BCUT2D eigenvalue weighted by Gasteiger charge is 2.53. The third-order valence-corrected chi connectivity index (χ3v) is 8.59. The van der Waals surface area contributed by atoms with Gasteiger partial charge in [-0.05, 0) is 29.2 Å². The lowest BCUT2D eigenvalue weighted by molar-refractivity contribution is -0.682. The molecule has 18 heteroatoms. The predicted molar refractivity (Wildman–Crippen MR) is 134 cm³/mol. The van der Waals surface area contributed by atoms with Crippen LogP contribution >= 0.6 is 34.9 Å². The Bertz CT molecular complexity index is 1350. The van der Waals surface area contributed by atoms with Gasteiger partial charge in [0.2, 0.25) is 5.82 Å². The highest BCUT2D eigenvalue weighted by molar-refractivity contribution is 8.01. The minimum absolute atomic E-state index is 0.0864. The lowest BCUT2D eigenvalue weighted by atomic mass is 10.0. The lowest BCUT2D eigenvalue weighted by Gasteiger charge is -2.51. The van der Waals surface area contributed by atoms with Gasteiger partial charge < -0.3 is 36.5 Å². The molecule has 0 saturated carbocycles. The van der Waals surface area contributed by atoms with E-state index in [1.54, 1.807) is 13.1 Å². The van der Waals surface area contributed by atoms with Gasteiger partial charge in [0.15, 0.2) is 11.2 Å². The van der Waals surface area contributed by atoms with Gasteiger partial charge in [0.1, 0.15) is 24.2 Å². The van der Waals surface area contributed by atoms with Gasteiger partial charge in [-0.25, -0.2) is 9.78 Å². The number of amides is 2. The fourth-order valence-electron chi connectivity index (χ4n) is 3.72. The monoisotopic (exact) mass is 582 g/mol. The van der Waals surface area contributed by atoms with Crippen LogP contribution in [-0.2, 0) is 23.9 Å². The number of β-lactam (4-membered cyclic amide) rings is 1. The van der Waals surface area contributed by atoms with Gasteiger partial charge in [-0.2, -0.15) is 0 Å². The molecule has 15 nitrogen and oxygen atoms in total. The number of carbonyl (C=O) groups is 4. The summed E-state index contributed by atoms with van der Waals surface area (Å²) in [4.78, 5) is 58.1. The summed E-state index contributed by atoms with van der Waals surface area (Å²) in [5, 5.41) is 24.7. The van der Waals surface area contributed by atoms with E-state index in [9.17, 15) is 24.3 Å². The Balaban J connectivity index is 1.49. The molecule has 4 rings (SSSR count). The average Bonchev–Trinajstić information content (AvgIpc) is 3.28. The highest BCUT2D eigenvalue weighted by Crippen LogP contribution is 2.41. The third kappa shape index (κ3) is 5.47. The number of nitrogen functional groups attached to an aromatic ring is 3. The quantitative estimate of drug-likeness (QED) is 0.0632. The molecule has 8 N–H and O–H groups in total. The molecule has 2 aromatic rings. The summed E-state index contributed by atoms with van der Waals surface area (Å²) in [5.41, 5.74) is 12.3. The van der Waals surface area contributed by atoms with Gasteiger partial charge in [-0.1, -0.05) is 0 Å². The summed E-state index contributed by atoms with van der Waals surface area (Å²) in [5.74, 6) is 2.25. The molecule has 2 aliphatic rings. The Hall–Kier alpha value is -3.61. The van der Waals surface area contributed by atoms with Crippen LogP contribution in [0.1, 0.15) is 17.4 Å². The zero-order valence-electron chi connectivity index (χ0n) is 19.7. The molecule has 2 aromatic heterocycles. The zero-order valence-corrected chi connectivity index (χ0v) is 22.1. The first-order valence-corrected chi connectivity index (χ1v) is 13.7. The number of thioether (sulfide) groups is 2. The number of carboxylic acids is 2. The van der Waals surface area contributed by atoms with Crippen molar-refractivity contribution in [2.45, 2.75) is 29.6 Å². The van der Waals surface area contributed by atoms with Crippen LogP contribution in [0.4, 0.5) is 10.9 Å². The molecule has 1 fully saturated rings. The van der Waals surface area contributed by atoms with E-state index in [2.05, 4.69) is 15.3 Å². The highest BCUT2D eigenvalue weighted by atomic mass is 32.2. The number of carboxylic acid groups (broad SMARTS) is 2. The first-order valence-electron chi connectivity index (χ1n) is 10.8. The molecule has 0 radical (unpaired) electrons. The van der Waals surface area contributed by atoms with Crippen molar-refractivity contribution in [2.24, 2.45) is 0 Å². The molecule has 0 aliphatic carbocycles. The predicted octanol–water partition coefficient (Wildman–Crippen LogP) is -2.65. The van der Waals surface area contributed by atoms with Crippen LogP contribution in [0, 0.1) is 6.92 Å². The second kappa shape index (κ2) is 11.0. The molecule has 1 saturated heterocycles. The van der Waals surface area contributed by atoms with Crippen molar-refractivity contribution in [1.29, 1.82) is 0 Å². The fraction of sp³-hybridized carbons (Fsp3) is 0.350. The van der Waals surface area contributed by atoms with Crippen molar-refractivity contribution in [1.82, 2.24) is 20.2 Å². The number of nitrogens with two attached hydrogens (primary N) is 3. The van der Waals surface area contributed by atoms with Crippen molar-refractivity contribution >= 4 is 69.6 Å². The molecule has 3 unspecified atom stereocenters. The average molecular weight is 583 g/mol. The minimum atomic E-state index is -1.54. The van der Waals surface area contributed by atoms with Crippen molar-refractivity contribution in [3.8, 4) is 0 Å². The Morgan fingerprint density at radius 2 is 2.13 bits per heavy atom. The van der Waals surface area contributed by atoms with Crippen LogP contribution in [0.25, 0.3) is 0 Å². The third-order valence-electron chi connectivity index (χ3n) is 5.51. The number of nitrogens with one attached hydrogen (secondary N) is 1. The number of fused-ring (bicyclic) bond motifs is 1. The maximum atomic E-state index is 13.0. The first kappa shape index (κ1) is 27.4. The molecule has 0 spiro atoms. The van der Waals surface area contributed by atoms with E-state index in [1.165, 1.54) is 21.8 Å². The summed E-state index contributed by atoms with van der Waals surface area (Å²) in [6.45, 7) is 0.952. The number of aryl methyl sites for hydroxylation is 1. The van der Waals surface area contributed by atoms with Crippen LogP contribution in [0.2, 0.25) is 0 Å². The maximum Gasteiger partial charge on any atom is 0.384 e. The number of anilines is 2. The Morgan fingerprint density at radius 3 is 2.76 bits per heavy atom. The molecule has 4 heterocycles. The molecule has 2 aliphatic heterocycles. The SMILES string of the molecule is Cc1c[n+](N)c(SCC2=C(C(=O)[O-])N3C(=O)C(NC(=O)C(OCC(=O)O)c4csc(N)n4)C3SC2)nc1N. The second-order valence-electron chi connectivity index (χ2n) is 8.12. The summed E-state index contributed by atoms with van der Waals surface area (Å²) >= 11 is 3.42. The largest absolute Gasteiger partial charge is 0.543 e. The summed E-state index contributed by atoms with van der Waals surface area (Å²) in [6.07, 6.45) is 0.153. The van der Waals surface area contributed by atoms with E-state index < -0.39 is 47.9 Å². The molecular weight excluding hydrogens is 560 g/mol. The number of ether oxygens (including phenoxy) is 1. The second-order valence-corrected chi connectivity index (χ2v) is 11.1. The number of aromatic nitrogens is 3. The smallest absolute Gasteiger partial charge is 0.384 e. The fourth-order valence-corrected chi connectivity index (χ4v) is 6.68. The topological polar surface area (TPSA) is 244 Å². The molecule has 2 amide bonds. The van der Waals surface area contributed by atoms with Crippen molar-refractivity contribution < 1.29 is 38.8 Å². The van der Waals surface area contributed by atoms with E-state index >= 15 is 0 Å². The molecule has 202 valence electrons. The first-order chi connectivity index (χ1) is 18.0. The summed E-state index contributed by atoms with van der Waals surface area (Å²) < 4.78 is 6.45. The van der Waals surface area contributed by atoms with Crippen LogP contribution in [0.15, 0.2) is 28.0 Å². The number of aliphatic carboxylic acids is 2. The normalized spacial score (nSPS) is 19.5. The van der Waals surface area contributed by atoms with Gasteiger partial charge in [0, 0.05) is 16.9 Å². The summed E-state index contributed by atoms with van der Waals surface area (Å²) in [7, 11) is 0. The number of thiazole rings is 1. The van der Waals surface area contributed by atoms with Gasteiger partial charge in [0.25, 0.3) is 11.8 Å². The molecular formula is C20H22N8O7S3. The molecule has 3 atom stereocenters. The number of rotatable bonds is 10. The Labute approximate surface area is 227 Å².